The van der Waals surface area contributed by atoms with Gasteiger partial charge in [0.2, 0.25) is 0 Å². The van der Waals surface area contributed by atoms with E-state index in [-0.39, 0.29) is 0 Å². The molecule has 0 spiro atoms. The zero-order valence-corrected chi connectivity index (χ0v) is 18.2. The van der Waals surface area contributed by atoms with Crippen LogP contribution in [0.15, 0.2) is 71.8 Å². The topological polar surface area (TPSA) is 18.5 Å². The molecule has 2 aliphatic carbocycles. The number of hydrogen-bond acceptors (Lipinski definition) is 2. The third-order valence-corrected chi connectivity index (χ3v) is 9.97. The van der Waals surface area contributed by atoms with Crippen LogP contribution in [-0.4, -0.2) is 0 Å². The minimum atomic E-state index is -2.79. The molecule has 0 radical (unpaired) electrons. The van der Waals surface area contributed by atoms with Gasteiger partial charge in [0.1, 0.15) is 0 Å². The van der Waals surface area contributed by atoms with Crippen LogP contribution in [0.25, 0.3) is 0 Å². The van der Waals surface area contributed by atoms with Gasteiger partial charge in [-0.2, -0.15) is 0 Å². The maximum atomic E-state index is 6.43. The molecule has 2 aromatic rings. The van der Waals surface area contributed by atoms with Gasteiger partial charge in [0.15, 0.2) is 0 Å². The van der Waals surface area contributed by atoms with E-state index in [4.69, 9.17) is 28.8 Å². The molecule has 0 N–H and O–H groups in total. The fourth-order valence-corrected chi connectivity index (χ4v) is 8.35. The third-order valence-electron chi connectivity index (χ3n) is 4.74. The molecule has 2 nitrogen and oxygen atoms in total. The molecule has 5 heteroatoms. The first kappa shape index (κ1) is 18.4. The standard InChI is InChI=1S/C9H11.2C6H5ClO.Zr/c1-2-5-9-7-3-6-8(9)4-1;2*7-5-1-3-6(8)4-2-5;/h3,6-7H,1-2,4-5H2;2*1-4,8H;/q;;;+2/p-2. The fourth-order valence-electron chi connectivity index (χ4n) is 3.43. The van der Waals surface area contributed by atoms with Crippen molar-refractivity contribution < 1.29 is 28.3 Å². The molecule has 0 amide bonds. The van der Waals surface area contributed by atoms with E-state index in [1.807, 2.05) is 48.5 Å². The summed E-state index contributed by atoms with van der Waals surface area (Å²) >= 11 is 9.23. The van der Waals surface area contributed by atoms with E-state index in [9.17, 15) is 0 Å². The Morgan fingerprint density at radius 3 is 1.88 bits per heavy atom. The Bertz CT molecular complexity index is 781. The number of rotatable bonds is 5. The fraction of sp³-hybridized carbons (Fsp3) is 0.238. The van der Waals surface area contributed by atoms with Gasteiger partial charge in [0.25, 0.3) is 0 Å². The van der Waals surface area contributed by atoms with Crippen molar-refractivity contribution in [2.45, 2.75) is 29.3 Å². The normalized spacial score (nSPS) is 18.6. The SMILES string of the molecule is Clc1ccc([O][Zr]([O]c2ccc(Cl)cc2)[CH]2C=CC3=C2CCCC3)cc1. The van der Waals surface area contributed by atoms with Crippen LogP contribution in [0.5, 0.6) is 11.5 Å². The number of allylic oxidation sites excluding steroid dienone is 4. The first-order valence-electron chi connectivity index (χ1n) is 8.83. The molecule has 0 bridgehead atoms. The zero-order chi connectivity index (χ0) is 17.9. The second-order valence-electron chi connectivity index (χ2n) is 6.53. The summed E-state index contributed by atoms with van der Waals surface area (Å²) in [6.07, 6.45) is 9.47. The predicted octanol–water partition coefficient (Wildman–Crippen LogP) is 7.13. The Morgan fingerprint density at radius 1 is 0.769 bits per heavy atom. The van der Waals surface area contributed by atoms with Crippen LogP contribution in [0.4, 0.5) is 0 Å². The molecular weight excluding hydrogens is 446 g/mol. The Labute approximate surface area is 173 Å². The molecule has 0 saturated heterocycles. The summed E-state index contributed by atoms with van der Waals surface area (Å²) in [5.74, 6) is 1.66. The molecule has 1 unspecified atom stereocenters. The summed E-state index contributed by atoms with van der Waals surface area (Å²) in [6.45, 7) is 0. The molecule has 1 atom stereocenters. The van der Waals surface area contributed by atoms with Crippen LogP contribution < -0.4 is 5.63 Å². The molecule has 133 valence electrons. The van der Waals surface area contributed by atoms with Crippen LogP contribution >= 0.6 is 23.2 Å². The molecule has 2 aromatic carbocycles. The number of benzene rings is 2. The van der Waals surface area contributed by atoms with E-state index in [0.717, 1.165) is 17.9 Å². The third kappa shape index (κ3) is 4.27. The van der Waals surface area contributed by atoms with Gasteiger partial charge in [0, 0.05) is 0 Å². The van der Waals surface area contributed by atoms with Crippen molar-refractivity contribution in [1.82, 2.24) is 0 Å². The molecule has 0 fully saturated rings. The van der Waals surface area contributed by atoms with Gasteiger partial charge in [0.05, 0.1) is 0 Å². The van der Waals surface area contributed by atoms with Gasteiger partial charge in [-0.05, 0) is 0 Å². The monoisotopic (exact) mass is 463 g/mol. The Morgan fingerprint density at radius 2 is 1.31 bits per heavy atom. The second-order valence-corrected chi connectivity index (χ2v) is 11.5. The molecule has 2 aliphatic rings. The van der Waals surface area contributed by atoms with E-state index in [1.165, 1.54) is 30.4 Å². The first-order chi connectivity index (χ1) is 12.7. The summed E-state index contributed by atoms with van der Waals surface area (Å²) in [6, 6.07) is 15.1. The van der Waals surface area contributed by atoms with Crippen molar-refractivity contribution in [1.29, 1.82) is 0 Å². The zero-order valence-electron chi connectivity index (χ0n) is 14.3. The van der Waals surface area contributed by atoms with Crippen molar-refractivity contribution in [2.75, 3.05) is 0 Å². The summed E-state index contributed by atoms with van der Waals surface area (Å²) in [5.41, 5.74) is 3.03. The Hall–Kier alpha value is -1.02. The van der Waals surface area contributed by atoms with Gasteiger partial charge in [-0.3, -0.25) is 0 Å². The molecule has 0 saturated carbocycles. The van der Waals surface area contributed by atoms with E-state index in [1.54, 1.807) is 0 Å². The average Bonchev–Trinajstić information content (AvgIpc) is 3.09. The van der Waals surface area contributed by atoms with Crippen LogP contribution in [-0.2, 0) is 22.6 Å². The van der Waals surface area contributed by atoms with Gasteiger partial charge >= 0.3 is 174 Å². The van der Waals surface area contributed by atoms with Crippen molar-refractivity contribution in [2.24, 2.45) is 0 Å². The van der Waals surface area contributed by atoms with Crippen LogP contribution in [0.1, 0.15) is 25.7 Å². The Kier molecular flexibility index (Phi) is 5.88. The van der Waals surface area contributed by atoms with Gasteiger partial charge in [-0.25, -0.2) is 0 Å². The van der Waals surface area contributed by atoms with Crippen LogP contribution in [0.2, 0.25) is 13.7 Å². The van der Waals surface area contributed by atoms with Crippen LogP contribution in [0, 0.1) is 0 Å². The van der Waals surface area contributed by atoms with Crippen molar-refractivity contribution in [3.05, 3.63) is 81.9 Å². The summed E-state index contributed by atoms with van der Waals surface area (Å²) in [4.78, 5) is 0. The molecule has 4 rings (SSSR count). The van der Waals surface area contributed by atoms with E-state index < -0.39 is 22.6 Å². The molecule has 26 heavy (non-hydrogen) atoms. The van der Waals surface area contributed by atoms with E-state index in [0.29, 0.717) is 13.7 Å². The average molecular weight is 466 g/mol. The molecule has 0 aliphatic heterocycles. The van der Waals surface area contributed by atoms with Crippen molar-refractivity contribution in [3.63, 3.8) is 0 Å². The van der Waals surface area contributed by atoms with Crippen molar-refractivity contribution >= 4 is 23.2 Å². The number of hydrogen-bond donors (Lipinski definition) is 0. The summed E-state index contributed by atoms with van der Waals surface area (Å²) in [5, 5.41) is 1.42. The predicted molar refractivity (Wildman–Crippen MR) is 103 cm³/mol. The minimum absolute atomic E-state index is 0.319. The first-order valence-corrected chi connectivity index (χ1v) is 13.0. The number of halogens is 2. The van der Waals surface area contributed by atoms with Gasteiger partial charge in [-0.15, -0.1) is 0 Å². The second kappa shape index (κ2) is 8.34. The maximum absolute atomic E-state index is 6.43. The molecule has 0 heterocycles. The Balaban J connectivity index is 1.60. The summed E-state index contributed by atoms with van der Waals surface area (Å²) in [7, 11) is 0. The summed E-state index contributed by atoms with van der Waals surface area (Å²) < 4.78 is 13.2. The quantitative estimate of drug-likeness (QED) is 0.468. The van der Waals surface area contributed by atoms with E-state index in [2.05, 4.69) is 12.2 Å². The van der Waals surface area contributed by atoms with Gasteiger partial charge < -0.3 is 0 Å². The molecular formula is C21H19Cl2O2Zr. The van der Waals surface area contributed by atoms with Gasteiger partial charge in [-0.1, -0.05) is 0 Å². The van der Waals surface area contributed by atoms with Crippen molar-refractivity contribution in [3.8, 4) is 11.5 Å². The van der Waals surface area contributed by atoms with Crippen LogP contribution in [0.3, 0.4) is 0 Å². The van der Waals surface area contributed by atoms with E-state index >= 15 is 0 Å². The molecule has 0 aromatic heterocycles.